The van der Waals surface area contributed by atoms with Gasteiger partial charge in [-0.3, -0.25) is 4.79 Å². The molecule has 2 saturated heterocycles. The highest BCUT2D eigenvalue weighted by Gasteiger charge is 2.53. The highest BCUT2D eigenvalue weighted by atomic mass is 16.5. The standard InChI is InChI=1S/C20H24N2O5/c1-19(25)9-12-26-20(18(19)24)7-10-22(11-8-20)17(23)15-13-16(27-21-15)14-5-3-2-4-6-14/h2-6,13,18,24-25H,7-12H2,1H3/t18-,19+/m0/s1. The van der Waals surface area contributed by atoms with Crippen molar-refractivity contribution in [2.75, 3.05) is 19.7 Å². The summed E-state index contributed by atoms with van der Waals surface area (Å²) in [7, 11) is 0. The number of rotatable bonds is 2. The molecule has 0 bridgehead atoms. The fourth-order valence-electron chi connectivity index (χ4n) is 4.03. The van der Waals surface area contributed by atoms with E-state index in [0.29, 0.717) is 44.7 Å². The number of aliphatic hydroxyl groups is 2. The molecular weight excluding hydrogens is 348 g/mol. The maximum Gasteiger partial charge on any atom is 0.276 e. The van der Waals surface area contributed by atoms with Gasteiger partial charge in [-0.25, -0.2) is 0 Å². The molecule has 0 unspecified atom stereocenters. The predicted molar refractivity (Wildman–Crippen MR) is 97.0 cm³/mol. The Balaban J connectivity index is 1.44. The van der Waals surface area contributed by atoms with Gasteiger partial charge < -0.3 is 24.4 Å². The fourth-order valence-corrected chi connectivity index (χ4v) is 4.03. The minimum Gasteiger partial charge on any atom is -0.387 e. The van der Waals surface area contributed by atoms with E-state index >= 15 is 0 Å². The highest BCUT2D eigenvalue weighted by molar-refractivity contribution is 5.93. The van der Waals surface area contributed by atoms with Gasteiger partial charge in [0.15, 0.2) is 11.5 Å². The van der Waals surface area contributed by atoms with Crippen molar-refractivity contribution < 1.29 is 24.3 Å². The van der Waals surface area contributed by atoms with Crippen LogP contribution in [0, 0.1) is 0 Å². The van der Waals surface area contributed by atoms with Gasteiger partial charge in [0.25, 0.3) is 5.91 Å². The normalized spacial score (nSPS) is 27.7. The minimum absolute atomic E-state index is 0.201. The quantitative estimate of drug-likeness (QED) is 0.835. The predicted octanol–water partition coefficient (Wildman–Crippen LogP) is 1.85. The lowest BCUT2D eigenvalue weighted by Gasteiger charge is -2.51. The first-order valence-corrected chi connectivity index (χ1v) is 9.27. The number of nitrogens with zero attached hydrogens (tertiary/aromatic N) is 2. The van der Waals surface area contributed by atoms with Crippen LogP contribution in [-0.4, -0.2) is 63.2 Å². The van der Waals surface area contributed by atoms with Crippen LogP contribution in [0.3, 0.4) is 0 Å². The zero-order valence-electron chi connectivity index (χ0n) is 15.3. The SMILES string of the molecule is C[C@@]1(O)CCOC2(CCN(C(=O)c3cc(-c4ccccc4)on3)CC2)[C@H]1O. The van der Waals surface area contributed by atoms with Crippen molar-refractivity contribution in [2.24, 2.45) is 0 Å². The summed E-state index contributed by atoms with van der Waals surface area (Å²) < 4.78 is 11.2. The number of aromatic nitrogens is 1. The number of piperidine rings is 1. The number of likely N-dealkylation sites (tertiary alicyclic amines) is 1. The van der Waals surface area contributed by atoms with E-state index in [-0.39, 0.29) is 11.6 Å². The first-order chi connectivity index (χ1) is 12.9. The van der Waals surface area contributed by atoms with Gasteiger partial charge in [0.1, 0.15) is 11.7 Å². The number of benzene rings is 1. The molecule has 0 radical (unpaired) electrons. The Labute approximate surface area is 157 Å². The summed E-state index contributed by atoms with van der Waals surface area (Å²) in [6.45, 7) is 2.90. The third kappa shape index (κ3) is 3.26. The molecule has 2 N–H and O–H groups in total. The minimum atomic E-state index is -1.17. The first kappa shape index (κ1) is 18.2. The molecule has 4 rings (SSSR count). The number of carbonyl (C=O) groups excluding carboxylic acids is 1. The lowest BCUT2D eigenvalue weighted by molar-refractivity contribution is -0.244. The van der Waals surface area contributed by atoms with E-state index in [9.17, 15) is 15.0 Å². The molecule has 144 valence electrons. The second kappa shape index (κ2) is 6.74. The van der Waals surface area contributed by atoms with E-state index in [1.165, 1.54) is 0 Å². The molecule has 2 atom stereocenters. The molecule has 3 heterocycles. The number of amides is 1. The molecule has 1 amide bonds. The highest BCUT2D eigenvalue weighted by Crippen LogP contribution is 2.40. The summed E-state index contributed by atoms with van der Waals surface area (Å²) in [6.07, 6.45) is 0.381. The molecule has 1 aromatic carbocycles. The number of hydrogen-bond donors (Lipinski definition) is 2. The fraction of sp³-hybridized carbons (Fsp3) is 0.500. The second-order valence-corrected chi connectivity index (χ2v) is 7.66. The molecule has 2 aliphatic rings. The topological polar surface area (TPSA) is 96.0 Å². The van der Waals surface area contributed by atoms with Crippen LogP contribution in [0.1, 0.15) is 36.7 Å². The lowest BCUT2D eigenvalue weighted by atomic mass is 9.75. The van der Waals surface area contributed by atoms with E-state index in [1.807, 2.05) is 30.3 Å². The summed E-state index contributed by atoms with van der Waals surface area (Å²) in [4.78, 5) is 14.5. The van der Waals surface area contributed by atoms with Crippen LogP contribution in [-0.2, 0) is 4.74 Å². The van der Waals surface area contributed by atoms with Crippen molar-refractivity contribution in [3.05, 3.63) is 42.1 Å². The zero-order valence-corrected chi connectivity index (χ0v) is 15.3. The average molecular weight is 372 g/mol. The summed E-state index contributed by atoms with van der Waals surface area (Å²) in [5.41, 5.74) is -0.830. The molecule has 2 fully saturated rings. The van der Waals surface area contributed by atoms with Gasteiger partial charge in [-0.15, -0.1) is 0 Å². The Morgan fingerprint density at radius 3 is 2.63 bits per heavy atom. The van der Waals surface area contributed by atoms with Crippen LogP contribution in [0.2, 0.25) is 0 Å². The zero-order chi connectivity index (χ0) is 19.1. The summed E-state index contributed by atoms with van der Waals surface area (Å²) in [5.74, 6) is 0.349. The second-order valence-electron chi connectivity index (χ2n) is 7.66. The van der Waals surface area contributed by atoms with Gasteiger partial charge in [-0.05, 0) is 19.8 Å². The van der Waals surface area contributed by atoms with Crippen LogP contribution in [0.4, 0.5) is 0 Å². The molecule has 0 aliphatic carbocycles. The van der Waals surface area contributed by atoms with Gasteiger partial charge >= 0.3 is 0 Å². The molecule has 7 nitrogen and oxygen atoms in total. The third-order valence-electron chi connectivity index (χ3n) is 5.77. The van der Waals surface area contributed by atoms with E-state index in [2.05, 4.69) is 5.16 Å². The van der Waals surface area contributed by atoms with Gasteiger partial charge in [0.05, 0.1) is 12.2 Å². The van der Waals surface area contributed by atoms with Crippen molar-refractivity contribution in [2.45, 2.75) is 43.5 Å². The molecule has 7 heteroatoms. The third-order valence-corrected chi connectivity index (χ3v) is 5.77. The maximum absolute atomic E-state index is 12.8. The number of hydrogen-bond acceptors (Lipinski definition) is 6. The van der Waals surface area contributed by atoms with E-state index in [4.69, 9.17) is 9.26 Å². The monoisotopic (exact) mass is 372 g/mol. The van der Waals surface area contributed by atoms with Crippen molar-refractivity contribution in [1.29, 1.82) is 0 Å². The Morgan fingerprint density at radius 1 is 1.22 bits per heavy atom. The van der Waals surface area contributed by atoms with E-state index in [0.717, 1.165) is 5.56 Å². The van der Waals surface area contributed by atoms with Crippen molar-refractivity contribution >= 4 is 5.91 Å². The van der Waals surface area contributed by atoms with Gasteiger partial charge in [-0.2, -0.15) is 0 Å². The number of ether oxygens (including phenoxy) is 1. The van der Waals surface area contributed by atoms with E-state index < -0.39 is 17.3 Å². The average Bonchev–Trinajstić information content (AvgIpc) is 3.17. The van der Waals surface area contributed by atoms with Crippen LogP contribution in [0.15, 0.2) is 40.9 Å². The summed E-state index contributed by atoms with van der Waals surface area (Å²) in [5, 5.41) is 24.9. The van der Waals surface area contributed by atoms with Gasteiger partial charge in [0, 0.05) is 31.1 Å². The Bertz CT molecular complexity index is 809. The molecule has 1 aromatic heterocycles. The van der Waals surface area contributed by atoms with Crippen molar-refractivity contribution in [3.8, 4) is 11.3 Å². The first-order valence-electron chi connectivity index (χ1n) is 9.27. The van der Waals surface area contributed by atoms with E-state index in [1.54, 1.807) is 17.9 Å². The van der Waals surface area contributed by atoms with Crippen LogP contribution in [0.25, 0.3) is 11.3 Å². The maximum atomic E-state index is 12.8. The number of aliphatic hydroxyl groups excluding tert-OH is 1. The summed E-state index contributed by atoms with van der Waals surface area (Å²) in [6, 6.07) is 11.1. The van der Waals surface area contributed by atoms with Crippen LogP contribution < -0.4 is 0 Å². The smallest absolute Gasteiger partial charge is 0.276 e. The molecule has 2 aliphatic heterocycles. The molecule has 27 heavy (non-hydrogen) atoms. The summed E-state index contributed by atoms with van der Waals surface area (Å²) >= 11 is 0. The van der Waals surface area contributed by atoms with Crippen molar-refractivity contribution in [3.63, 3.8) is 0 Å². The molecule has 2 aromatic rings. The largest absolute Gasteiger partial charge is 0.387 e. The Kier molecular flexibility index (Phi) is 4.53. The number of carbonyl (C=O) groups is 1. The molecule has 0 saturated carbocycles. The Morgan fingerprint density at radius 2 is 1.93 bits per heavy atom. The van der Waals surface area contributed by atoms with Gasteiger partial charge in [0.2, 0.25) is 0 Å². The van der Waals surface area contributed by atoms with Gasteiger partial charge in [-0.1, -0.05) is 35.5 Å². The van der Waals surface area contributed by atoms with Crippen molar-refractivity contribution in [1.82, 2.24) is 10.1 Å². The molecular formula is C20H24N2O5. The van der Waals surface area contributed by atoms with Crippen LogP contribution in [0.5, 0.6) is 0 Å². The lowest BCUT2D eigenvalue weighted by Crippen LogP contribution is -2.64. The molecule has 1 spiro atoms. The van der Waals surface area contributed by atoms with Crippen LogP contribution >= 0.6 is 0 Å². The Hall–Kier alpha value is -2.22.